The maximum atomic E-state index is 9.09. The third kappa shape index (κ3) is 2.04. The lowest BCUT2D eigenvalue weighted by Gasteiger charge is -2.45. The molecule has 96 valence electrons. The number of nitrogens with zero attached hydrogens (tertiary/aromatic N) is 1. The minimum absolute atomic E-state index is 0.120. The average molecular weight is 297 g/mol. The van der Waals surface area contributed by atoms with Crippen molar-refractivity contribution in [2.24, 2.45) is 0 Å². The van der Waals surface area contributed by atoms with Crippen LogP contribution in [0.25, 0.3) is 0 Å². The first-order valence-corrected chi connectivity index (χ1v) is 8.85. The van der Waals surface area contributed by atoms with Gasteiger partial charge in [0.05, 0.1) is 4.88 Å². The number of rotatable bonds is 0. The van der Waals surface area contributed by atoms with E-state index in [2.05, 4.69) is 19.9 Å². The van der Waals surface area contributed by atoms with Gasteiger partial charge in [-0.15, -0.1) is 34.9 Å². The fourth-order valence-electron chi connectivity index (χ4n) is 2.55. The molecule has 1 saturated heterocycles. The molecule has 0 amide bonds. The molecule has 3 rings (SSSR count). The first kappa shape index (κ1) is 12.7. The van der Waals surface area contributed by atoms with Crippen LogP contribution in [0, 0.1) is 11.3 Å². The van der Waals surface area contributed by atoms with Crippen molar-refractivity contribution in [3.05, 3.63) is 15.8 Å². The lowest BCUT2D eigenvalue weighted by Crippen LogP contribution is -2.41. The van der Waals surface area contributed by atoms with Crippen molar-refractivity contribution >= 4 is 34.9 Å². The maximum Gasteiger partial charge on any atom is 0.137 e. The van der Waals surface area contributed by atoms with E-state index in [4.69, 9.17) is 10.00 Å². The van der Waals surface area contributed by atoms with Crippen molar-refractivity contribution in [3.8, 4) is 11.8 Å². The van der Waals surface area contributed by atoms with Crippen molar-refractivity contribution in [3.63, 3.8) is 0 Å². The summed E-state index contributed by atoms with van der Waals surface area (Å²) in [7, 11) is 0. The zero-order chi connectivity index (χ0) is 12.8. The number of ether oxygens (including phenoxy) is 1. The van der Waals surface area contributed by atoms with Gasteiger partial charge in [-0.3, -0.25) is 0 Å². The Bertz CT molecular complexity index is 509. The molecule has 2 nitrogen and oxygen atoms in total. The SMILES string of the molecule is CC1(C)CC2(SCCCS2)c2sc(C#N)cc2O1. The van der Waals surface area contributed by atoms with E-state index in [0.29, 0.717) is 0 Å². The Morgan fingerprint density at radius 1 is 1.33 bits per heavy atom. The van der Waals surface area contributed by atoms with Crippen LogP contribution in [0.4, 0.5) is 0 Å². The van der Waals surface area contributed by atoms with E-state index in [9.17, 15) is 0 Å². The molecule has 0 N–H and O–H groups in total. The van der Waals surface area contributed by atoms with Gasteiger partial charge in [-0.1, -0.05) is 0 Å². The van der Waals surface area contributed by atoms with Crippen LogP contribution in [-0.4, -0.2) is 17.1 Å². The highest BCUT2D eigenvalue weighted by Gasteiger charge is 2.48. The van der Waals surface area contributed by atoms with Gasteiger partial charge < -0.3 is 4.74 Å². The summed E-state index contributed by atoms with van der Waals surface area (Å²) >= 11 is 5.69. The van der Waals surface area contributed by atoms with Crippen LogP contribution in [-0.2, 0) is 4.08 Å². The van der Waals surface area contributed by atoms with Crippen LogP contribution in [0.5, 0.6) is 5.75 Å². The number of hydrogen-bond donors (Lipinski definition) is 0. The number of fused-ring (bicyclic) bond motifs is 2. The Labute approximate surface area is 120 Å². The number of nitriles is 1. The van der Waals surface area contributed by atoms with Crippen LogP contribution in [0.3, 0.4) is 0 Å². The summed E-state index contributed by atoms with van der Waals surface area (Å²) in [6, 6.07) is 4.17. The van der Waals surface area contributed by atoms with E-state index in [-0.39, 0.29) is 9.68 Å². The standard InChI is InChI=1S/C13H15NOS3/c1-12(2)8-13(16-4-3-5-17-13)11-10(15-12)6-9(7-14)18-11/h6H,3-5,8H2,1-2H3. The highest BCUT2D eigenvalue weighted by Crippen LogP contribution is 2.61. The van der Waals surface area contributed by atoms with Gasteiger partial charge in [0, 0.05) is 12.5 Å². The van der Waals surface area contributed by atoms with Gasteiger partial charge in [0.25, 0.3) is 0 Å². The Morgan fingerprint density at radius 3 is 2.72 bits per heavy atom. The van der Waals surface area contributed by atoms with Gasteiger partial charge in [-0.2, -0.15) is 5.26 Å². The monoisotopic (exact) mass is 297 g/mol. The fourth-order valence-corrected chi connectivity index (χ4v) is 7.63. The van der Waals surface area contributed by atoms with Gasteiger partial charge in [0.1, 0.15) is 26.4 Å². The summed E-state index contributed by atoms with van der Waals surface area (Å²) in [6.07, 6.45) is 2.30. The molecular weight excluding hydrogens is 282 g/mol. The Hall–Kier alpha value is -0.310. The molecule has 0 aliphatic carbocycles. The molecule has 0 radical (unpaired) electrons. The van der Waals surface area contributed by atoms with Gasteiger partial charge in [-0.05, 0) is 31.8 Å². The third-order valence-corrected chi connectivity index (χ3v) is 7.92. The van der Waals surface area contributed by atoms with Crippen molar-refractivity contribution in [2.75, 3.05) is 11.5 Å². The predicted octanol–water partition coefficient (Wildman–Crippen LogP) is 4.20. The van der Waals surface area contributed by atoms with Gasteiger partial charge >= 0.3 is 0 Å². The molecule has 1 spiro atoms. The van der Waals surface area contributed by atoms with E-state index in [1.807, 2.05) is 29.6 Å². The second kappa shape index (κ2) is 4.36. The topological polar surface area (TPSA) is 33.0 Å². The van der Waals surface area contributed by atoms with E-state index in [1.165, 1.54) is 22.8 Å². The fraction of sp³-hybridized carbons (Fsp3) is 0.615. The molecule has 0 unspecified atom stereocenters. The summed E-state index contributed by atoms with van der Waals surface area (Å²) in [4.78, 5) is 2.04. The zero-order valence-corrected chi connectivity index (χ0v) is 12.9. The Balaban J connectivity index is 2.10. The van der Waals surface area contributed by atoms with Crippen LogP contribution in [0.15, 0.2) is 6.07 Å². The van der Waals surface area contributed by atoms with Crippen LogP contribution in [0.1, 0.15) is 36.4 Å². The highest BCUT2D eigenvalue weighted by molar-refractivity contribution is 8.18. The summed E-state index contributed by atoms with van der Waals surface area (Å²) < 4.78 is 6.18. The molecule has 18 heavy (non-hydrogen) atoms. The van der Waals surface area contributed by atoms with Crippen molar-refractivity contribution in [2.45, 2.75) is 36.4 Å². The number of thioether (sulfide) groups is 2. The Kier molecular flexibility index (Phi) is 3.08. The summed E-state index contributed by atoms with van der Waals surface area (Å²) in [6.45, 7) is 4.30. The molecule has 1 aromatic rings. The lowest BCUT2D eigenvalue weighted by molar-refractivity contribution is 0.0807. The molecule has 0 aromatic carbocycles. The minimum atomic E-state index is -0.141. The van der Waals surface area contributed by atoms with Crippen molar-refractivity contribution in [1.29, 1.82) is 5.26 Å². The van der Waals surface area contributed by atoms with E-state index in [0.717, 1.165) is 17.0 Å². The molecule has 1 fully saturated rings. The Morgan fingerprint density at radius 2 is 2.06 bits per heavy atom. The molecule has 2 aliphatic rings. The molecule has 2 aliphatic heterocycles. The second-order valence-corrected chi connectivity index (χ2v) is 9.36. The van der Waals surface area contributed by atoms with Crippen molar-refractivity contribution in [1.82, 2.24) is 0 Å². The first-order valence-electron chi connectivity index (χ1n) is 6.06. The molecular formula is C13H15NOS3. The average Bonchev–Trinajstić information content (AvgIpc) is 2.72. The summed E-state index contributed by atoms with van der Waals surface area (Å²) in [5.41, 5.74) is -0.141. The van der Waals surface area contributed by atoms with E-state index in [1.54, 1.807) is 11.3 Å². The van der Waals surface area contributed by atoms with Crippen LogP contribution < -0.4 is 4.74 Å². The zero-order valence-electron chi connectivity index (χ0n) is 10.5. The highest BCUT2D eigenvalue weighted by atomic mass is 32.2. The quantitative estimate of drug-likeness (QED) is 0.718. The molecule has 0 bridgehead atoms. The minimum Gasteiger partial charge on any atom is -0.486 e. The predicted molar refractivity (Wildman–Crippen MR) is 79.6 cm³/mol. The first-order chi connectivity index (χ1) is 8.55. The normalized spacial score (nSPS) is 24.1. The maximum absolute atomic E-state index is 9.09. The summed E-state index contributed by atoms with van der Waals surface area (Å²) in [5.74, 6) is 3.36. The van der Waals surface area contributed by atoms with Gasteiger partial charge in [0.2, 0.25) is 0 Å². The second-order valence-electron chi connectivity index (χ2n) is 5.26. The largest absolute Gasteiger partial charge is 0.486 e. The van der Waals surface area contributed by atoms with Gasteiger partial charge in [0.15, 0.2) is 0 Å². The molecule has 1 aromatic heterocycles. The molecule has 3 heterocycles. The third-order valence-electron chi connectivity index (χ3n) is 3.16. The van der Waals surface area contributed by atoms with Crippen molar-refractivity contribution < 1.29 is 4.74 Å². The summed E-state index contributed by atoms with van der Waals surface area (Å²) in [5, 5.41) is 9.09. The number of hydrogen-bond acceptors (Lipinski definition) is 5. The van der Waals surface area contributed by atoms with Gasteiger partial charge in [-0.25, -0.2) is 0 Å². The lowest BCUT2D eigenvalue weighted by atomic mass is 9.98. The molecule has 0 atom stereocenters. The molecule has 0 saturated carbocycles. The molecule has 5 heteroatoms. The smallest absolute Gasteiger partial charge is 0.137 e. The van der Waals surface area contributed by atoms with E-state index < -0.39 is 0 Å². The number of thiophene rings is 1. The van der Waals surface area contributed by atoms with E-state index >= 15 is 0 Å². The van der Waals surface area contributed by atoms with Crippen LogP contribution >= 0.6 is 34.9 Å². The van der Waals surface area contributed by atoms with Crippen LogP contribution in [0.2, 0.25) is 0 Å².